The first kappa shape index (κ1) is 14.9. The monoisotopic (exact) mass is 304 g/mol. The molecule has 0 saturated carbocycles. The van der Waals surface area contributed by atoms with E-state index in [4.69, 9.17) is 0 Å². The Morgan fingerprint density at radius 1 is 0.957 bits per heavy atom. The summed E-state index contributed by atoms with van der Waals surface area (Å²) in [6, 6.07) is 15.0. The fourth-order valence-electron chi connectivity index (χ4n) is 2.57. The van der Waals surface area contributed by atoms with Crippen molar-refractivity contribution in [1.82, 2.24) is 0 Å². The van der Waals surface area contributed by atoms with Gasteiger partial charge in [-0.2, -0.15) is 5.11 Å². The number of azo groups is 1. The maximum Gasteiger partial charge on any atom is 0.154 e. The number of hydrogen-bond acceptors (Lipinski definition) is 4. The summed E-state index contributed by atoms with van der Waals surface area (Å²) in [5.74, 6) is -0.146. The number of aromatic hydroxyl groups is 1. The van der Waals surface area contributed by atoms with Crippen LogP contribution in [0.4, 0.5) is 11.4 Å². The van der Waals surface area contributed by atoms with Crippen LogP contribution in [-0.4, -0.2) is 11.4 Å². The molecule has 0 fully saturated rings. The minimum Gasteiger partial charge on any atom is -0.505 e. The molecule has 0 amide bonds. The Hall–Kier alpha value is -3.01. The molecular formula is C19H16N2O2. The molecule has 0 saturated heterocycles. The van der Waals surface area contributed by atoms with Crippen LogP contribution < -0.4 is 0 Å². The van der Waals surface area contributed by atoms with Crippen LogP contribution in [-0.2, 0) is 0 Å². The molecular weight excluding hydrogens is 288 g/mol. The average Bonchev–Trinajstić information content (AvgIpc) is 2.54. The Kier molecular flexibility index (Phi) is 3.89. The molecule has 0 bridgehead atoms. The molecule has 23 heavy (non-hydrogen) atoms. The molecule has 0 aromatic heterocycles. The van der Waals surface area contributed by atoms with E-state index < -0.39 is 0 Å². The van der Waals surface area contributed by atoms with Crippen LogP contribution in [0.25, 0.3) is 10.8 Å². The Balaban J connectivity index is 2.11. The summed E-state index contributed by atoms with van der Waals surface area (Å²) < 4.78 is 0. The van der Waals surface area contributed by atoms with Gasteiger partial charge in [0.1, 0.15) is 5.69 Å². The van der Waals surface area contributed by atoms with Gasteiger partial charge in [0, 0.05) is 0 Å². The van der Waals surface area contributed by atoms with E-state index in [0.29, 0.717) is 11.7 Å². The summed E-state index contributed by atoms with van der Waals surface area (Å²) in [4.78, 5) is 11.3. The van der Waals surface area contributed by atoms with Gasteiger partial charge in [0.15, 0.2) is 12.0 Å². The summed E-state index contributed by atoms with van der Waals surface area (Å²) in [7, 11) is 0. The third-order valence-corrected chi connectivity index (χ3v) is 3.78. The number of carbonyl (C=O) groups is 1. The molecule has 4 nitrogen and oxygen atoms in total. The van der Waals surface area contributed by atoms with Gasteiger partial charge < -0.3 is 5.11 Å². The molecule has 0 spiro atoms. The number of aldehydes is 1. The number of carbonyl (C=O) groups excluding carboxylic acids is 1. The van der Waals surface area contributed by atoms with Crippen molar-refractivity contribution in [1.29, 1.82) is 0 Å². The topological polar surface area (TPSA) is 62.0 Å². The lowest BCUT2D eigenvalue weighted by Crippen LogP contribution is -1.85. The molecule has 0 unspecified atom stereocenters. The number of aryl methyl sites for hydroxylation is 2. The highest BCUT2D eigenvalue weighted by atomic mass is 16.3. The molecule has 1 N–H and O–H groups in total. The minimum atomic E-state index is -0.146. The molecule has 0 radical (unpaired) electrons. The zero-order valence-electron chi connectivity index (χ0n) is 12.9. The van der Waals surface area contributed by atoms with E-state index >= 15 is 0 Å². The van der Waals surface area contributed by atoms with Crippen molar-refractivity contribution in [2.45, 2.75) is 13.8 Å². The largest absolute Gasteiger partial charge is 0.505 e. The maximum absolute atomic E-state index is 11.3. The van der Waals surface area contributed by atoms with Gasteiger partial charge in [-0.1, -0.05) is 42.0 Å². The lowest BCUT2D eigenvalue weighted by molar-refractivity contribution is 0.112. The van der Waals surface area contributed by atoms with E-state index in [-0.39, 0.29) is 17.0 Å². The number of hydrogen-bond donors (Lipinski definition) is 1. The first-order chi connectivity index (χ1) is 11.1. The summed E-state index contributed by atoms with van der Waals surface area (Å²) in [5.41, 5.74) is 3.40. The number of fused-ring (bicyclic) bond motifs is 1. The van der Waals surface area contributed by atoms with E-state index in [0.717, 1.165) is 22.2 Å². The van der Waals surface area contributed by atoms with Gasteiger partial charge in [-0.05, 0) is 42.3 Å². The highest BCUT2D eigenvalue weighted by Crippen LogP contribution is 2.37. The van der Waals surface area contributed by atoms with Crippen LogP contribution >= 0.6 is 0 Å². The van der Waals surface area contributed by atoms with Crippen LogP contribution in [0.15, 0.2) is 58.8 Å². The van der Waals surface area contributed by atoms with Crippen molar-refractivity contribution in [2.75, 3.05) is 0 Å². The van der Waals surface area contributed by atoms with Gasteiger partial charge in [-0.3, -0.25) is 4.79 Å². The zero-order valence-corrected chi connectivity index (χ0v) is 12.9. The highest BCUT2D eigenvalue weighted by molar-refractivity contribution is 6.03. The SMILES string of the molecule is Cc1ccc(N=Nc2cc3ccccc3c(C=O)c2O)c(C)c1. The molecule has 114 valence electrons. The number of phenolic OH excluding ortho intramolecular Hbond substituents is 1. The van der Waals surface area contributed by atoms with Gasteiger partial charge in [0.05, 0.1) is 11.3 Å². The third kappa shape index (κ3) is 2.83. The smallest absolute Gasteiger partial charge is 0.154 e. The van der Waals surface area contributed by atoms with Gasteiger partial charge in [0.25, 0.3) is 0 Å². The third-order valence-electron chi connectivity index (χ3n) is 3.78. The van der Waals surface area contributed by atoms with Crippen molar-refractivity contribution in [2.24, 2.45) is 10.2 Å². The Morgan fingerprint density at radius 2 is 1.70 bits per heavy atom. The molecule has 0 aliphatic carbocycles. The Labute approximate surface area is 134 Å². The maximum atomic E-state index is 11.3. The van der Waals surface area contributed by atoms with Crippen LogP contribution in [0.3, 0.4) is 0 Å². The average molecular weight is 304 g/mol. The predicted molar refractivity (Wildman–Crippen MR) is 91.1 cm³/mol. The lowest BCUT2D eigenvalue weighted by Gasteiger charge is -2.06. The summed E-state index contributed by atoms with van der Waals surface area (Å²) in [5, 5.41) is 20.2. The van der Waals surface area contributed by atoms with Crippen molar-refractivity contribution in [3.05, 3.63) is 65.2 Å². The molecule has 0 aliphatic heterocycles. The number of benzene rings is 3. The van der Waals surface area contributed by atoms with E-state index in [2.05, 4.69) is 10.2 Å². The predicted octanol–water partition coefficient (Wildman–Crippen LogP) is 5.39. The summed E-state index contributed by atoms with van der Waals surface area (Å²) >= 11 is 0. The fourth-order valence-corrected chi connectivity index (χ4v) is 2.57. The van der Waals surface area contributed by atoms with Crippen molar-refractivity contribution >= 4 is 28.4 Å². The molecule has 0 atom stereocenters. The van der Waals surface area contributed by atoms with E-state index in [9.17, 15) is 9.90 Å². The first-order valence-electron chi connectivity index (χ1n) is 7.29. The van der Waals surface area contributed by atoms with Crippen LogP contribution in [0, 0.1) is 13.8 Å². The van der Waals surface area contributed by atoms with Crippen molar-refractivity contribution in [3.63, 3.8) is 0 Å². The lowest BCUT2D eigenvalue weighted by atomic mass is 10.0. The minimum absolute atomic E-state index is 0.146. The van der Waals surface area contributed by atoms with Crippen LogP contribution in [0.2, 0.25) is 0 Å². The second-order valence-electron chi connectivity index (χ2n) is 5.49. The summed E-state index contributed by atoms with van der Waals surface area (Å²) in [6.45, 7) is 3.97. The molecule has 0 aliphatic rings. The Morgan fingerprint density at radius 3 is 2.43 bits per heavy atom. The van der Waals surface area contributed by atoms with Gasteiger partial charge in [-0.15, -0.1) is 5.11 Å². The van der Waals surface area contributed by atoms with Crippen LogP contribution in [0.5, 0.6) is 5.75 Å². The molecule has 0 heterocycles. The zero-order chi connectivity index (χ0) is 16.4. The normalized spacial score (nSPS) is 11.2. The van der Waals surface area contributed by atoms with Gasteiger partial charge in [0.2, 0.25) is 0 Å². The van der Waals surface area contributed by atoms with Gasteiger partial charge >= 0.3 is 0 Å². The standard InChI is InChI=1S/C19H16N2O2/c1-12-7-8-17(13(2)9-12)20-21-18-10-14-5-3-4-6-15(14)16(11-22)19(18)23/h3-11,23H,1-2H3. The molecule has 4 heteroatoms. The highest BCUT2D eigenvalue weighted by Gasteiger charge is 2.11. The number of nitrogens with zero attached hydrogens (tertiary/aromatic N) is 2. The first-order valence-corrected chi connectivity index (χ1v) is 7.29. The van der Waals surface area contributed by atoms with Crippen molar-refractivity contribution < 1.29 is 9.90 Å². The molecule has 3 rings (SSSR count). The van der Waals surface area contributed by atoms with Crippen LogP contribution in [0.1, 0.15) is 21.5 Å². The molecule has 3 aromatic carbocycles. The fraction of sp³-hybridized carbons (Fsp3) is 0.105. The van der Waals surface area contributed by atoms with E-state index in [1.54, 1.807) is 12.1 Å². The number of phenols is 1. The Bertz CT molecular complexity index is 930. The van der Waals surface area contributed by atoms with E-state index in [1.807, 2.05) is 50.2 Å². The molecule has 3 aromatic rings. The van der Waals surface area contributed by atoms with Gasteiger partial charge in [-0.25, -0.2) is 0 Å². The quantitative estimate of drug-likeness (QED) is 0.521. The van der Waals surface area contributed by atoms with E-state index in [1.165, 1.54) is 0 Å². The number of rotatable bonds is 3. The second kappa shape index (κ2) is 6.01. The summed E-state index contributed by atoms with van der Waals surface area (Å²) in [6.07, 6.45) is 0.647. The second-order valence-corrected chi connectivity index (χ2v) is 5.49. The van der Waals surface area contributed by atoms with Crippen molar-refractivity contribution in [3.8, 4) is 5.75 Å².